The van der Waals surface area contributed by atoms with Crippen LogP contribution < -0.4 is 10.1 Å². The maximum atomic E-state index is 11.4. The fourth-order valence-corrected chi connectivity index (χ4v) is 1.62. The van der Waals surface area contributed by atoms with E-state index in [0.29, 0.717) is 5.75 Å². The maximum absolute atomic E-state index is 11.4. The SMILES string of the molecule is COCC(O)CNC(=O)COc1cccc(Br)c1. The Morgan fingerprint density at radius 3 is 3.00 bits per heavy atom. The number of nitrogens with one attached hydrogen (secondary N) is 1. The first-order chi connectivity index (χ1) is 8.61. The van der Waals surface area contributed by atoms with Crippen LogP contribution in [0.15, 0.2) is 28.7 Å². The molecule has 0 saturated heterocycles. The minimum Gasteiger partial charge on any atom is -0.484 e. The highest BCUT2D eigenvalue weighted by Gasteiger charge is 2.07. The van der Waals surface area contributed by atoms with Crippen molar-refractivity contribution in [2.75, 3.05) is 26.9 Å². The molecule has 1 aromatic carbocycles. The second kappa shape index (κ2) is 8.07. The molecule has 1 rings (SSSR count). The van der Waals surface area contributed by atoms with E-state index in [1.807, 2.05) is 12.1 Å². The van der Waals surface area contributed by atoms with Crippen LogP contribution in [0.1, 0.15) is 0 Å². The minimum atomic E-state index is -0.704. The van der Waals surface area contributed by atoms with Crippen molar-refractivity contribution in [3.05, 3.63) is 28.7 Å². The van der Waals surface area contributed by atoms with Crippen molar-refractivity contribution in [2.45, 2.75) is 6.10 Å². The number of ether oxygens (including phenoxy) is 2. The van der Waals surface area contributed by atoms with Crippen molar-refractivity contribution >= 4 is 21.8 Å². The van der Waals surface area contributed by atoms with Gasteiger partial charge in [-0.1, -0.05) is 22.0 Å². The standard InChI is InChI=1S/C12H16BrNO4/c1-17-7-10(15)6-14-12(16)8-18-11-4-2-3-9(13)5-11/h2-5,10,15H,6-8H2,1H3,(H,14,16). The smallest absolute Gasteiger partial charge is 0.258 e. The van der Waals surface area contributed by atoms with Gasteiger partial charge in [0.2, 0.25) is 0 Å². The molecule has 0 heterocycles. The average molecular weight is 318 g/mol. The van der Waals surface area contributed by atoms with E-state index in [0.717, 1.165) is 4.47 Å². The monoisotopic (exact) mass is 317 g/mol. The predicted molar refractivity (Wildman–Crippen MR) is 70.5 cm³/mol. The summed E-state index contributed by atoms with van der Waals surface area (Å²) < 4.78 is 10.9. The van der Waals surface area contributed by atoms with Gasteiger partial charge in [-0.2, -0.15) is 0 Å². The van der Waals surface area contributed by atoms with Crippen LogP contribution in [0, 0.1) is 0 Å². The molecule has 0 aliphatic heterocycles. The summed E-state index contributed by atoms with van der Waals surface area (Å²) in [5.74, 6) is 0.321. The van der Waals surface area contributed by atoms with Gasteiger partial charge in [0.25, 0.3) is 5.91 Å². The summed E-state index contributed by atoms with van der Waals surface area (Å²) in [4.78, 5) is 11.4. The second-order valence-corrected chi connectivity index (χ2v) is 4.57. The lowest BCUT2D eigenvalue weighted by Crippen LogP contribution is -2.36. The van der Waals surface area contributed by atoms with E-state index in [9.17, 15) is 9.90 Å². The Morgan fingerprint density at radius 1 is 1.56 bits per heavy atom. The van der Waals surface area contributed by atoms with Crippen molar-refractivity contribution in [1.82, 2.24) is 5.32 Å². The van der Waals surface area contributed by atoms with E-state index in [-0.39, 0.29) is 25.7 Å². The van der Waals surface area contributed by atoms with E-state index < -0.39 is 6.10 Å². The fourth-order valence-electron chi connectivity index (χ4n) is 1.24. The van der Waals surface area contributed by atoms with Gasteiger partial charge in [-0.25, -0.2) is 0 Å². The van der Waals surface area contributed by atoms with Crippen LogP contribution >= 0.6 is 15.9 Å². The van der Waals surface area contributed by atoms with Crippen LogP contribution in [-0.4, -0.2) is 44.0 Å². The van der Waals surface area contributed by atoms with Crippen LogP contribution in [0.25, 0.3) is 0 Å². The predicted octanol–water partition coefficient (Wildman–Crippen LogP) is 0.951. The number of methoxy groups -OCH3 is 1. The number of carbonyl (C=O) groups excluding carboxylic acids is 1. The number of hydrogen-bond acceptors (Lipinski definition) is 4. The molecule has 0 aromatic heterocycles. The van der Waals surface area contributed by atoms with E-state index in [1.165, 1.54) is 7.11 Å². The molecule has 18 heavy (non-hydrogen) atoms. The largest absolute Gasteiger partial charge is 0.484 e. The first-order valence-electron chi connectivity index (χ1n) is 5.44. The molecular formula is C12H16BrNO4. The minimum absolute atomic E-state index is 0.0871. The van der Waals surface area contributed by atoms with Gasteiger partial charge in [0.05, 0.1) is 12.7 Å². The Morgan fingerprint density at radius 2 is 2.33 bits per heavy atom. The molecule has 6 heteroatoms. The summed E-state index contributed by atoms with van der Waals surface area (Å²) in [6, 6.07) is 7.22. The molecule has 0 radical (unpaired) electrons. The van der Waals surface area contributed by atoms with Gasteiger partial charge in [0.15, 0.2) is 6.61 Å². The lowest BCUT2D eigenvalue weighted by Gasteiger charge is -2.11. The first kappa shape index (κ1) is 14.9. The third kappa shape index (κ3) is 6.00. The highest BCUT2D eigenvalue weighted by atomic mass is 79.9. The van der Waals surface area contributed by atoms with Gasteiger partial charge in [-0.05, 0) is 18.2 Å². The molecular weight excluding hydrogens is 302 g/mol. The number of aliphatic hydroxyl groups excluding tert-OH is 1. The van der Waals surface area contributed by atoms with Gasteiger partial charge in [-0.3, -0.25) is 4.79 Å². The molecule has 1 unspecified atom stereocenters. The molecule has 5 nitrogen and oxygen atoms in total. The molecule has 1 amide bonds. The maximum Gasteiger partial charge on any atom is 0.258 e. The molecule has 2 N–H and O–H groups in total. The molecule has 0 saturated carbocycles. The summed E-state index contributed by atoms with van der Waals surface area (Å²) in [6.45, 7) is 0.247. The number of amides is 1. The van der Waals surface area contributed by atoms with Crippen LogP contribution in [0.4, 0.5) is 0 Å². The van der Waals surface area contributed by atoms with Crippen molar-refractivity contribution < 1.29 is 19.4 Å². The summed E-state index contributed by atoms with van der Waals surface area (Å²) in [5, 5.41) is 11.9. The zero-order valence-corrected chi connectivity index (χ0v) is 11.6. The van der Waals surface area contributed by atoms with Crippen LogP contribution in [0.3, 0.4) is 0 Å². The highest BCUT2D eigenvalue weighted by Crippen LogP contribution is 2.17. The lowest BCUT2D eigenvalue weighted by atomic mass is 10.3. The van der Waals surface area contributed by atoms with E-state index in [2.05, 4.69) is 21.2 Å². The van der Waals surface area contributed by atoms with E-state index >= 15 is 0 Å². The zero-order valence-electron chi connectivity index (χ0n) is 10.1. The Bertz CT molecular complexity index is 386. The molecule has 0 aliphatic rings. The number of aliphatic hydroxyl groups is 1. The van der Waals surface area contributed by atoms with E-state index in [1.54, 1.807) is 12.1 Å². The molecule has 100 valence electrons. The highest BCUT2D eigenvalue weighted by molar-refractivity contribution is 9.10. The van der Waals surface area contributed by atoms with E-state index in [4.69, 9.17) is 9.47 Å². The quantitative estimate of drug-likeness (QED) is 0.785. The molecule has 0 aliphatic carbocycles. The third-order valence-electron chi connectivity index (χ3n) is 2.06. The third-order valence-corrected chi connectivity index (χ3v) is 2.55. The Hall–Kier alpha value is -1.11. The van der Waals surface area contributed by atoms with Crippen molar-refractivity contribution in [3.63, 3.8) is 0 Å². The summed E-state index contributed by atoms with van der Waals surface area (Å²) in [6.07, 6.45) is -0.704. The van der Waals surface area contributed by atoms with Gasteiger partial charge in [0.1, 0.15) is 5.75 Å². The number of benzene rings is 1. The second-order valence-electron chi connectivity index (χ2n) is 3.66. The molecule has 1 atom stereocenters. The first-order valence-corrected chi connectivity index (χ1v) is 6.23. The number of rotatable bonds is 7. The summed E-state index contributed by atoms with van der Waals surface area (Å²) >= 11 is 3.31. The Balaban J connectivity index is 2.25. The summed E-state index contributed by atoms with van der Waals surface area (Å²) in [7, 11) is 1.49. The average Bonchev–Trinajstić information content (AvgIpc) is 2.34. The van der Waals surface area contributed by atoms with Gasteiger partial charge in [-0.15, -0.1) is 0 Å². The van der Waals surface area contributed by atoms with Crippen molar-refractivity contribution in [3.8, 4) is 5.75 Å². The van der Waals surface area contributed by atoms with Gasteiger partial charge in [0, 0.05) is 18.1 Å². The zero-order chi connectivity index (χ0) is 13.4. The number of hydrogen-bond donors (Lipinski definition) is 2. The van der Waals surface area contributed by atoms with Gasteiger partial charge >= 0.3 is 0 Å². The van der Waals surface area contributed by atoms with Crippen LogP contribution in [0.2, 0.25) is 0 Å². The van der Waals surface area contributed by atoms with Crippen LogP contribution in [-0.2, 0) is 9.53 Å². The van der Waals surface area contributed by atoms with Crippen LogP contribution in [0.5, 0.6) is 5.75 Å². The fraction of sp³-hybridized carbons (Fsp3) is 0.417. The van der Waals surface area contributed by atoms with Crippen molar-refractivity contribution in [1.29, 1.82) is 0 Å². The topological polar surface area (TPSA) is 67.8 Å². The van der Waals surface area contributed by atoms with Gasteiger partial charge < -0.3 is 19.9 Å². The van der Waals surface area contributed by atoms with Crippen molar-refractivity contribution in [2.24, 2.45) is 0 Å². The molecule has 0 spiro atoms. The molecule has 1 aromatic rings. The molecule has 0 bridgehead atoms. The number of halogens is 1. The number of carbonyl (C=O) groups is 1. The Kier molecular flexibility index (Phi) is 6.70. The molecule has 0 fully saturated rings. The Labute approximate surface area is 114 Å². The lowest BCUT2D eigenvalue weighted by molar-refractivity contribution is -0.123. The normalized spacial score (nSPS) is 11.9. The summed E-state index contributed by atoms with van der Waals surface area (Å²) in [5.41, 5.74) is 0.